The first kappa shape index (κ1) is 13.4. The Balaban J connectivity index is 1.83. The monoisotopic (exact) mass is 280 g/mol. The second-order valence-electron chi connectivity index (χ2n) is 4.70. The summed E-state index contributed by atoms with van der Waals surface area (Å²) in [4.78, 5) is 5.54. The number of tetrazole rings is 1. The summed E-state index contributed by atoms with van der Waals surface area (Å²) in [6.07, 6.45) is 3.60. The summed E-state index contributed by atoms with van der Waals surface area (Å²) in [5, 5.41) is 15.5. The first-order valence-electron chi connectivity index (χ1n) is 6.74. The van der Waals surface area contributed by atoms with E-state index in [-0.39, 0.29) is 6.04 Å². The van der Waals surface area contributed by atoms with Gasteiger partial charge in [0.15, 0.2) is 5.82 Å². The van der Waals surface area contributed by atoms with Crippen molar-refractivity contribution in [3.63, 3.8) is 0 Å². The van der Waals surface area contributed by atoms with Gasteiger partial charge in [0.25, 0.3) is 0 Å². The number of hydrogen-bond donors (Lipinski definition) is 1. The molecule has 0 aliphatic carbocycles. The van der Waals surface area contributed by atoms with Crippen molar-refractivity contribution < 1.29 is 0 Å². The van der Waals surface area contributed by atoms with Gasteiger partial charge in [0.2, 0.25) is 0 Å². The molecule has 3 aromatic rings. The van der Waals surface area contributed by atoms with Crippen LogP contribution >= 0.6 is 0 Å². The van der Waals surface area contributed by atoms with Gasteiger partial charge in [-0.3, -0.25) is 10.3 Å². The highest BCUT2D eigenvalue weighted by atomic mass is 15.6. The molecule has 1 unspecified atom stereocenters. The molecule has 1 N–H and O–H groups in total. The highest BCUT2D eigenvalue weighted by Gasteiger charge is 2.14. The molecule has 6 heteroatoms. The molecule has 2 aromatic heterocycles. The topological polar surface area (TPSA) is 68.5 Å². The van der Waals surface area contributed by atoms with Gasteiger partial charge in [0.1, 0.15) is 0 Å². The van der Waals surface area contributed by atoms with Crippen LogP contribution in [0.1, 0.15) is 23.0 Å². The van der Waals surface area contributed by atoms with E-state index in [9.17, 15) is 0 Å². The molecule has 0 bridgehead atoms. The standard InChI is InChI=1S/C15H16N6/c1-21-19-14(18-20-21)11-17-15(12-5-3-2-4-6-12)13-7-9-16-10-8-13/h2-10,15,17H,11H2,1H3. The zero-order valence-corrected chi connectivity index (χ0v) is 11.7. The minimum absolute atomic E-state index is 0.0676. The molecule has 3 rings (SSSR count). The van der Waals surface area contributed by atoms with Crippen LogP contribution in [-0.4, -0.2) is 25.2 Å². The van der Waals surface area contributed by atoms with E-state index in [0.717, 1.165) is 5.56 Å². The summed E-state index contributed by atoms with van der Waals surface area (Å²) < 4.78 is 0. The van der Waals surface area contributed by atoms with Crippen LogP contribution in [0.4, 0.5) is 0 Å². The molecule has 0 amide bonds. The predicted octanol–water partition coefficient (Wildman–Crippen LogP) is 1.48. The van der Waals surface area contributed by atoms with E-state index in [1.807, 2.05) is 30.3 Å². The Labute approximate surface area is 122 Å². The molecule has 0 saturated carbocycles. The number of pyridine rings is 1. The van der Waals surface area contributed by atoms with Crippen molar-refractivity contribution in [3.05, 3.63) is 71.8 Å². The first-order chi connectivity index (χ1) is 10.3. The lowest BCUT2D eigenvalue weighted by Crippen LogP contribution is -2.22. The number of benzene rings is 1. The Bertz CT molecular complexity index is 640. The van der Waals surface area contributed by atoms with E-state index in [1.54, 1.807) is 19.4 Å². The van der Waals surface area contributed by atoms with E-state index in [1.165, 1.54) is 10.4 Å². The summed E-state index contributed by atoms with van der Waals surface area (Å²) in [7, 11) is 1.76. The van der Waals surface area contributed by atoms with Gasteiger partial charge in [-0.1, -0.05) is 30.3 Å². The van der Waals surface area contributed by atoms with Gasteiger partial charge in [-0.25, -0.2) is 0 Å². The molecule has 2 heterocycles. The highest BCUT2D eigenvalue weighted by Crippen LogP contribution is 2.21. The van der Waals surface area contributed by atoms with Crippen LogP contribution in [0.25, 0.3) is 0 Å². The van der Waals surface area contributed by atoms with Gasteiger partial charge < -0.3 is 0 Å². The molecule has 0 fully saturated rings. The molecule has 1 atom stereocenters. The fourth-order valence-corrected chi connectivity index (χ4v) is 2.22. The zero-order chi connectivity index (χ0) is 14.5. The van der Waals surface area contributed by atoms with Crippen LogP contribution in [0.5, 0.6) is 0 Å². The van der Waals surface area contributed by atoms with Crippen molar-refractivity contribution in [2.75, 3.05) is 0 Å². The average molecular weight is 280 g/mol. The van der Waals surface area contributed by atoms with E-state index in [2.05, 4.69) is 37.8 Å². The van der Waals surface area contributed by atoms with Crippen LogP contribution < -0.4 is 5.32 Å². The SMILES string of the molecule is Cn1nnc(CNC(c2ccccc2)c2ccncc2)n1. The normalized spacial score (nSPS) is 12.2. The van der Waals surface area contributed by atoms with Crippen LogP contribution in [0.15, 0.2) is 54.9 Å². The fraction of sp³-hybridized carbons (Fsp3) is 0.200. The van der Waals surface area contributed by atoms with Crippen LogP contribution in [0.3, 0.4) is 0 Å². The number of hydrogen-bond acceptors (Lipinski definition) is 5. The molecule has 0 spiro atoms. The third-order valence-electron chi connectivity index (χ3n) is 3.19. The van der Waals surface area contributed by atoms with Gasteiger partial charge in [-0.2, -0.15) is 4.80 Å². The molecular weight excluding hydrogens is 264 g/mol. The van der Waals surface area contributed by atoms with Crippen molar-refractivity contribution in [3.8, 4) is 0 Å². The van der Waals surface area contributed by atoms with Crippen LogP contribution in [-0.2, 0) is 13.6 Å². The van der Waals surface area contributed by atoms with Gasteiger partial charge >= 0.3 is 0 Å². The quantitative estimate of drug-likeness (QED) is 0.766. The van der Waals surface area contributed by atoms with E-state index >= 15 is 0 Å². The number of rotatable bonds is 5. The zero-order valence-electron chi connectivity index (χ0n) is 11.7. The fourth-order valence-electron chi connectivity index (χ4n) is 2.22. The summed E-state index contributed by atoms with van der Waals surface area (Å²) >= 11 is 0. The Morgan fingerprint density at radius 2 is 1.76 bits per heavy atom. The number of nitrogens with zero attached hydrogens (tertiary/aromatic N) is 5. The smallest absolute Gasteiger partial charge is 0.188 e. The largest absolute Gasteiger partial charge is 0.299 e. The highest BCUT2D eigenvalue weighted by molar-refractivity contribution is 5.30. The number of aryl methyl sites for hydroxylation is 1. The maximum atomic E-state index is 4.19. The summed E-state index contributed by atoms with van der Waals surface area (Å²) in [5.74, 6) is 0.674. The molecular formula is C15H16N6. The predicted molar refractivity (Wildman–Crippen MR) is 78.2 cm³/mol. The van der Waals surface area contributed by atoms with E-state index < -0.39 is 0 Å². The van der Waals surface area contributed by atoms with Crippen molar-refractivity contribution >= 4 is 0 Å². The molecule has 0 saturated heterocycles. The minimum atomic E-state index is 0.0676. The van der Waals surface area contributed by atoms with Crippen molar-refractivity contribution in [1.82, 2.24) is 30.5 Å². The van der Waals surface area contributed by atoms with Gasteiger partial charge in [-0.15, -0.1) is 10.2 Å². The van der Waals surface area contributed by atoms with Crippen molar-refractivity contribution in [2.24, 2.45) is 7.05 Å². The second-order valence-corrected chi connectivity index (χ2v) is 4.70. The molecule has 0 radical (unpaired) electrons. The number of aromatic nitrogens is 5. The number of nitrogens with one attached hydrogen (secondary N) is 1. The van der Waals surface area contributed by atoms with Crippen LogP contribution in [0, 0.1) is 0 Å². The van der Waals surface area contributed by atoms with Gasteiger partial charge in [0, 0.05) is 12.4 Å². The summed E-state index contributed by atoms with van der Waals surface area (Å²) in [5.41, 5.74) is 2.34. The average Bonchev–Trinajstić information content (AvgIpc) is 2.95. The summed E-state index contributed by atoms with van der Waals surface area (Å²) in [6, 6.07) is 14.4. The van der Waals surface area contributed by atoms with Crippen molar-refractivity contribution in [2.45, 2.75) is 12.6 Å². The molecule has 21 heavy (non-hydrogen) atoms. The minimum Gasteiger partial charge on any atom is -0.299 e. The molecule has 1 aromatic carbocycles. The Hall–Kier alpha value is -2.60. The molecule has 106 valence electrons. The van der Waals surface area contributed by atoms with E-state index in [0.29, 0.717) is 12.4 Å². The Morgan fingerprint density at radius 1 is 1.05 bits per heavy atom. The van der Waals surface area contributed by atoms with Crippen LogP contribution in [0.2, 0.25) is 0 Å². The first-order valence-corrected chi connectivity index (χ1v) is 6.74. The lowest BCUT2D eigenvalue weighted by molar-refractivity contribution is 0.580. The van der Waals surface area contributed by atoms with E-state index in [4.69, 9.17) is 0 Å². The third kappa shape index (κ3) is 3.29. The van der Waals surface area contributed by atoms with Gasteiger partial charge in [-0.05, 0) is 28.5 Å². The lowest BCUT2D eigenvalue weighted by atomic mass is 10.00. The third-order valence-corrected chi connectivity index (χ3v) is 3.19. The molecule has 0 aliphatic heterocycles. The van der Waals surface area contributed by atoms with Crippen molar-refractivity contribution in [1.29, 1.82) is 0 Å². The Morgan fingerprint density at radius 3 is 2.43 bits per heavy atom. The maximum absolute atomic E-state index is 4.19. The maximum Gasteiger partial charge on any atom is 0.188 e. The Kier molecular flexibility index (Phi) is 3.97. The summed E-state index contributed by atoms with van der Waals surface area (Å²) in [6.45, 7) is 0.551. The van der Waals surface area contributed by atoms with Gasteiger partial charge in [0.05, 0.1) is 19.6 Å². The molecule has 6 nitrogen and oxygen atoms in total. The molecule has 0 aliphatic rings. The second kappa shape index (κ2) is 6.23. The lowest BCUT2D eigenvalue weighted by Gasteiger charge is -2.18.